The van der Waals surface area contributed by atoms with Crippen LogP contribution in [-0.4, -0.2) is 0 Å². The van der Waals surface area contributed by atoms with Gasteiger partial charge in [-0.15, -0.1) is 0 Å². The van der Waals surface area contributed by atoms with Crippen molar-refractivity contribution in [1.29, 1.82) is 0 Å². The highest BCUT2D eigenvalue weighted by atomic mass is 127. The lowest BCUT2D eigenvalue weighted by atomic mass is 10.00. The molecule has 0 saturated carbocycles. The van der Waals surface area contributed by atoms with E-state index in [9.17, 15) is 4.39 Å². The summed E-state index contributed by atoms with van der Waals surface area (Å²) in [6.07, 6.45) is 0. The maximum absolute atomic E-state index is 13.2. The molecule has 0 aliphatic carbocycles. The lowest BCUT2D eigenvalue weighted by molar-refractivity contribution is 0.619. The standard InChI is InChI=1S/C13H9BrClFIN/c14-10-5-7(1-3-11(10)16)13(18)9-6-8(15)2-4-12(9)17/h1-6,13H,18H2. The highest BCUT2D eigenvalue weighted by molar-refractivity contribution is 14.1. The Bertz CT molecular complexity index is 591. The highest BCUT2D eigenvalue weighted by Crippen LogP contribution is 2.29. The first kappa shape index (κ1) is 14.2. The predicted molar refractivity (Wildman–Crippen MR) is 84.3 cm³/mol. The monoisotopic (exact) mass is 439 g/mol. The third kappa shape index (κ3) is 3.04. The van der Waals surface area contributed by atoms with E-state index in [-0.39, 0.29) is 11.9 Å². The molecule has 1 unspecified atom stereocenters. The minimum Gasteiger partial charge on any atom is -0.320 e. The fraction of sp³-hybridized carbons (Fsp3) is 0.0769. The summed E-state index contributed by atoms with van der Waals surface area (Å²) < 4.78 is 14.6. The van der Waals surface area contributed by atoms with E-state index in [1.54, 1.807) is 12.1 Å². The minimum absolute atomic E-state index is 0.299. The summed E-state index contributed by atoms with van der Waals surface area (Å²) in [4.78, 5) is 0. The molecule has 2 rings (SSSR count). The van der Waals surface area contributed by atoms with Crippen molar-refractivity contribution in [3.63, 3.8) is 0 Å². The van der Waals surface area contributed by atoms with E-state index >= 15 is 0 Å². The van der Waals surface area contributed by atoms with E-state index < -0.39 is 0 Å². The smallest absolute Gasteiger partial charge is 0.137 e. The first-order valence-electron chi connectivity index (χ1n) is 5.14. The summed E-state index contributed by atoms with van der Waals surface area (Å²) in [6.45, 7) is 0. The van der Waals surface area contributed by atoms with Gasteiger partial charge >= 0.3 is 0 Å². The van der Waals surface area contributed by atoms with Crippen molar-refractivity contribution >= 4 is 50.1 Å². The van der Waals surface area contributed by atoms with Crippen molar-refractivity contribution in [2.75, 3.05) is 0 Å². The normalized spacial score (nSPS) is 12.5. The zero-order chi connectivity index (χ0) is 13.3. The average molecular weight is 440 g/mol. The Hall–Kier alpha value is -0.170. The van der Waals surface area contributed by atoms with Gasteiger partial charge in [0, 0.05) is 8.59 Å². The number of rotatable bonds is 2. The van der Waals surface area contributed by atoms with E-state index in [0.717, 1.165) is 14.7 Å². The second kappa shape index (κ2) is 5.86. The van der Waals surface area contributed by atoms with Crippen LogP contribution < -0.4 is 5.73 Å². The molecule has 0 radical (unpaired) electrons. The number of hydrogen-bond acceptors (Lipinski definition) is 1. The average Bonchev–Trinajstić information content (AvgIpc) is 2.35. The van der Waals surface area contributed by atoms with E-state index in [1.165, 1.54) is 6.07 Å². The molecule has 0 aromatic heterocycles. The second-order valence-electron chi connectivity index (χ2n) is 3.82. The Labute approximate surface area is 132 Å². The molecule has 0 fully saturated rings. The molecule has 94 valence electrons. The molecule has 18 heavy (non-hydrogen) atoms. The summed E-state index contributed by atoms with van der Waals surface area (Å²) in [5, 5.41) is 0.641. The topological polar surface area (TPSA) is 26.0 Å². The van der Waals surface area contributed by atoms with Crippen LogP contribution in [0.25, 0.3) is 0 Å². The van der Waals surface area contributed by atoms with Crippen LogP contribution in [0.1, 0.15) is 17.2 Å². The van der Waals surface area contributed by atoms with Gasteiger partial charge in [0.15, 0.2) is 0 Å². The van der Waals surface area contributed by atoms with Crippen molar-refractivity contribution < 1.29 is 4.39 Å². The number of benzene rings is 2. The van der Waals surface area contributed by atoms with Crippen molar-refractivity contribution in [2.24, 2.45) is 5.73 Å². The quantitative estimate of drug-likeness (QED) is 0.661. The van der Waals surface area contributed by atoms with Crippen molar-refractivity contribution in [2.45, 2.75) is 6.04 Å². The molecule has 2 aromatic rings. The fourth-order valence-electron chi connectivity index (χ4n) is 1.64. The summed E-state index contributed by atoms with van der Waals surface area (Å²) in [6, 6.07) is 10.0. The number of nitrogens with two attached hydrogens (primary N) is 1. The first-order valence-corrected chi connectivity index (χ1v) is 7.39. The molecular formula is C13H9BrClFIN. The van der Waals surface area contributed by atoms with E-state index in [0.29, 0.717) is 9.50 Å². The molecule has 0 amide bonds. The highest BCUT2D eigenvalue weighted by Gasteiger charge is 2.14. The third-order valence-corrected chi connectivity index (χ3v) is 4.42. The predicted octanol–water partition coefficient (Wildman–Crippen LogP) is 4.89. The van der Waals surface area contributed by atoms with Crippen molar-refractivity contribution in [3.05, 3.63) is 66.4 Å². The molecule has 0 spiro atoms. The van der Waals surface area contributed by atoms with E-state index in [2.05, 4.69) is 38.5 Å². The van der Waals surface area contributed by atoms with Crippen LogP contribution in [0.15, 0.2) is 40.9 Å². The van der Waals surface area contributed by atoms with Gasteiger partial charge in [-0.3, -0.25) is 0 Å². The van der Waals surface area contributed by atoms with Crippen LogP contribution in [0.3, 0.4) is 0 Å². The summed E-state index contributed by atoms with van der Waals surface area (Å²) >= 11 is 11.3. The second-order valence-corrected chi connectivity index (χ2v) is 6.27. The van der Waals surface area contributed by atoms with Crippen molar-refractivity contribution in [3.8, 4) is 0 Å². The Balaban J connectivity index is 2.44. The Morgan fingerprint density at radius 2 is 1.94 bits per heavy atom. The molecule has 0 saturated heterocycles. The molecule has 1 atom stereocenters. The molecule has 0 aliphatic rings. The molecule has 0 bridgehead atoms. The minimum atomic E-state index is -0.326. The van der Waals surface area contributed by atoms with Crippen LogP contribution in [0, 0.1) is 9.39 Å². The van der Waals surface area contributed by atoms with Gasteiger partial charge in [-0.05, 0) is 80.0 Å². The number of hydrogen-bond donors (Lipinski definition) is 1. The number of halogens is 4. The molecule has 1 nitrogen and oxygen atoms in total. The van der Waals surface area contributed by atoms with Gasteiger partial charge in [0.05, 0.1) is 10.5 Å². The van der Waals surface area contributed by atoms with Gasteiger partial charge in [-0.2, -0.15) is 0 Å². The lowest BCUT2D eigenvalue weighted by Crippen LogP contribution is -2.13. The fourth-order valence-corrected chi connectivity index (χ4v) is 2.89. The zero-order valence-electron chi connectivity index (χ0n) is 9.13. The van der Waals surface area contributed by atoms with E-state index in [4.69, 9.17) is 17.3 Å². The van der Waals surface area contributed by atoms with Gasteiger partial charge in [0.25, 0.3) is 0 Å². The molecule has 2 aromatic carbocycles. The molecular weight excluding hydrogens is 431 g/mol. The van der Waals surface area contributed by atoms with Crippen molar-refractivity contribution in [1.82, 2.24) is 0 Å². The summed E-state index contributed by atoms with van der Waals surface area (Å²) in [7, 11) is 0. The first-order chi connectivity index (χ1) is 8.49. The van der Waals surface area contributed by atoms with Gasteiger partial charge in [-0.25, -0.2) is 4.39 Å². The Morgan fingerprint density at radius 3 is 2.61 bits per heavy atom. The summed E-state index contributed by atoms with van der Waals surface area (Å²) in [5.41, 5.74) is 7.97. The van der Waals surface area contributed by atoms with Crippen LogP contribution in [-0.2, 0) is 0 Å². The summed E-state index contributed by atoms with van der Waals surface area (Å²) in [5.74, 6) is -0.299. The lowest BCUT2D eigenvalue weighted by Gasteiger charge is -2.15. The van der Waals surface area contributed by atoms with Gasteiger partial charge < -0.3 is 5.73 Å². The Kier molecular flexibility index (Phi) is 4.64. The van der Waals surface area contributed by atoms with Gasteiger partial charge in [0.2, 0.25) is 0 Å². The maximum Gasteiger partial charge on any atom is 0.137 e. The maximum atomic E-state index is 13.2. The van der Waals surface area contributed by atoms with Crippen LogP contribution >= 0.6 is 50.1 Å². The van der Waals surface area contributed by atoms with Crippen LogP contribution in [0.4, 0.5) is 4.39 Å². The van der Waals surface area contributed by atoms with Gasteiger partial charge in [0.1, 0.15) is 5.82 Å². The molecule has 2 N–H and O–H groups in total. The SMILES string of the molecule is NC(c1ccc(F)c(Br)c1)c1cc(Cl)ccc1I. The van der Waals surface area contributed by atoms with Gasteiger partial charge in [-0.1, -0.05) is 17.7 Å². The molecule has 0 aliphatic heterocycles. The van der Waals surface area contributed by atoms with Crippen LogP contribution in [0.2, 0.25) is 5.02 Å². The zero-order valence-corrected chi connectivity index (χ0v) is 13.6. The largest absolute Gasteiger partial charge is 0.320 e. The third-order valence-electron chi connectivity index (χ3n) is 2.60. The van der Waals surface area contributed by atoms with E-state index in [1.807, 2.05) is 18.2 Å². The molecule has 5 heteroatoms. The Morgan fingerprint density at radius 1 is 1.22 bits per heavy atom. The van der Waals surface area contributed by atoms with Crippen LogP contribution in [0.5, 0.6) is 0 Å². The molecule has 0 heterocycles.